The molecule has 0 saturated carbocycles. The maximum Gasteiger partial charge on any atom is 0.239 e. The molecule has 0 radical (unpaired) electrons. The molecule has 0 aromatic carbocycles. The molecule has 0 aromatic rings. The summed E-state index contributed by atoms with van der Waals surface area (Å²) in [5.74, 6) is 0.181. The average Bonchev–Trinajstić information content (AvgIpc) is 2.20. The quantitative estimate of drug-likeness (QED) is 0.669. The maximum atomic E-state index is 11.9. The van der Waals surface area contributed by atoms with Gasteiger partial charge in [0.25, 0.3) is 0 Å². The van der Waals surface area contributed by atoms with Gasteiger partial charge in [-0.05, 0) is 19.9 Å². The Hall–Kier alpha value is -0.870. The lowest BCUT2D eigenvalue weighted by molar-refractivity contribution is -0.142. The first-order valence-corrected chi connectivity index (χ1v) is 5.43. The summed E-state index contributed by atoms with van der Waals surface area (Å²) >= 11 is 0. The standard InChI is InChI=1S/C11H21N3O/c1-4-7-14-9(2)8-13(3)11(15)10(14)5-6-12/h4,9-10H,1,5-8,12H2,2-3H3. The second kappa shape index (κ2) is 5.28. The first-order chi connectivity index (χ1) is 7.11. The first kappa shape index (κ1) is 12.2. The van der Waals surface area contributed by atoms with E-state index in [0.29, 0.717) is 12.6 Å². The van der Waals surface area contributed by atoms with Crippen LogP contribution in [0.25, 0.3) is 0 Å². The molecule has 0 aromatic heterocycles. The molecule has 1 fully saturated rings. The van der Waals surface area contributed by atoms with E-state index in [1.807, 2.05) is 13.1 Å². The van der Waals surface area contributed by atoms with Crippen molar-refractivity contribution in [2.24, 2.45) is 5.73 Å². The van der Waals surface area contributed by atoms with Crippen LogP contribution in [0.4, 0.5) is 0 Å². The predicted molar refractivity (Wildman–Crippen MR) is 61.5 cm³/mol. The van der Waals surface area contributed by atoms with Gasteiger partial charge in [0.1, 0.15) is 0 Å². The maximum absolute atomic E-state index is 11.9. The van der Waals surface area contributed by atoms with Crippen LogP contribution < -0.4 is 5.73 Å². The summed E-state index contributed by atoms with van der Waals surface area (Å²) in [7, 11) is 1.85. The van der Waals surface area contributed by atoms with Gasteiger partial charge in [0.2, 0.25) is 5.91 Å². The van der Waals surface area contributed by atoms with E-state index in [9.17, 15) is 4.79 Å². The molecule has 1 aliphatic heterocycles. The molecule has 86 valence electrons. The summed E-state index contributed by atoms with van der Waals surface area (Å²) in [6.45, 7) is 7.95. The number of likely N-dealkylation sites (N-methyl/N-ethyl adjacent to an activating group) is 1. The summed E-state index contributed by atoms with van der Waals surface area (Å²) in [4.78, 5) is 15.9. The van der Waals surface area contributed by atoms with Crippen LogP contribution in [0.3, 0.4) is 0 Å². The summed E-state index contributed by atoms with van der Waals surface area (Å²) in [5.41, 5.74) is 5.55. The van der Waals surface area contributed by atoms with E-state index >= 15 is 0 Å². The fourth-order valence-corrected chi connectivity index (χ4v) is 2.20. The van der Waals surface area contributed by atoms with Gasteiger partial charge in [-0.25, -0.2) is 0 Å². The summed E-state index contributed by atoms with van der Waals surface area (Å²) in [6.07, 6.45) is 2.57. The van der Waals surface area contributed by atoms with Gasteiger partial charge in [0, 0.05) is 26.2 Å². The van der Waals surface area contributed by atoms with E-state index < -0.39 is 0 Å². The highest BCUT2D eigenvalue weighted by molar-refractivity contribution is 5.82. The number of rotatable bonds is 4. The SMILES string of the molecule is C=CCN1C(C)CN(C)C(=O)C1CCN. The van der Waals surface area contributed by atoms with Gasteiger partial charge in [0.15, 0.2) is 0 Å². The number of nitrogens with two attached hydrogens (primary N) is 1. The average molecular weight is 211 g/mol. The Balaban J connectivity index is 2.79. The molecule has 2 unspecified atom stereocenters. The Morgan fingerprint density at radius 2 is 2.33 bits per heavy atom. The van der Waals surface area contributed by atoms with Crippen LogP contribution in [0.5, 0.6) is 0 Å². The van der Waals surface area contributed by atoms with Crippen molar-refractivity contribution in [2.45, 2.75) is 25.4 Å². The van der Waals surface area contributed by atoms with Gasteiger partial charge in [-0.3, -0.25) is 9.69 Å². The molecule has 4 nitrogen and oxygen atoms in total. The monoisotopic (exact) mass is 211 g/mol. The minimum absolute atomic E-state index is 0.0678. The van der Waals surface area contributed by atoms with Gasteiger partial charge in [-0.2, -0.15) is 0 Å². The molecule has 2 atom stereocenters. The molecule has 0 spiro atoms. The zero-order valence-electron chi connectivity index (χ0n) is 9.65. The molecule has 1 heterocycles. The summed E-state index contributed by atoms with van der Waals surface area (Å²) in [6, 6.07) is 0.309. The topological polar surface area (TPSA) is 49.6 Å². The highest BCUT2D eigenvalue weighted by atomic mass is 16.2. The number of amides is 1. The lowest BCUT2D eigenvalue weighted by atomic mass is 10.0. The number of carbonyl (C=O) groups is 1. The third kappa shape index (κ3) is 2.58. The van der Waals surface area contributed by atoms with Crippen LogP contribution in [-0.2, 0) is 4.79 Å². The van der Waals surface area contributed by atoms with Crippen LogP contribution in [0.1, 0.15) is 13.3 Å². The second-order valence-electron chi connectivity index (χ2n) is 4.15. The van der Waals surface area contributed by atoms with E-state index in [2.05, 4.69) is 18.4 Å². The fraction of sp³-hybridized carbons (Fsp3) is 0.727. The number of hydrogen-bond donors (Lipinski definition) is 1. The molecule has 4 heteroatoms. The van der Waals surface area contributed by atoms with Gasteiger partial charge < -0.3 is 10.6 Å². The molecule has 0 bridgehead atoms. The Kier molecular flexibility index (Phi) is 4.29. The van der Waals surface area contributed by atoms with Crippen molar-refractivity contribution < 1.29 is 4.79 Å². The van der Waals surface area contributed by atoms with Crippen molar-refractivity contribution in [3.8, 4) is 0 Å². The normalized spacial score (nSPS) is 28.2. The van der Waals surface area contributed by atoms with Crippen LogP contribution in [0, 0.1) is 0 Å². The van der Waals surface area contributed by atoms with Crippen molar-refractivity contribution in [3.63, 3.8) is 0 Å². The zero-order chi connectivity index (χ0) is 11.4. The molecular weight excluding hydrogens is 190 g/mol. The van der Waals surface area contributed by atoms with Gasteiger partial charge in [-0.15, -0.1) is 6.58 Å². The van der Waals surface area contributed by atoms with Crippen molar-refractivity contribution in [1.29, 1.82) is 0 Å². The Morgan fingerprint density at radius 3 is 2.87 bits per heavy atom. The van der Waals surface area contributed by atoms with Gasteiger partial charge >= 0.3 is 0 Å². The van der Waals surface area contributed by atoms with Gasteiger partial charge in [0.05, 0.1) is 6.04 Å². The van der Waals surface area contributed by atoms with Crippen molar-refractivity contribution >= 4 is 5.91 Å². The molecule has 1 saturated heterocycles. The smallest absolute Gasteiger partial charge is 0.239 e. The van der Waals surface area contributed by atoms with Crippen molar-refractivity contribution in [3.05, 3.63) is 12.7 Å². The molecule has 2 N–H and O–H groups in total. The Labute approximate surface area is 91.7 Å². The van der Waals surface area contributed by atoms with Gasteiger partial charge in [-0.1, -0.05) is 6.08 Å². The molecule has 1 amide bonds. The summed E-state index contributed by atoms with van der Waals surface area (Å²) in [5, 5.41) is 0. The van der Waals surface area contributed by atoms with Crippen molar-refractivity contribution in [2.75, 3.05) is 26.7 Å². The zero-order valence-corrected chi connectivity index (χ0v) is 9.65. The Morgan fingerprint density at radius 1 is 1.67 bits per heavy atom. The van der Waals surface area contributed by atoms with E-state index in [0.717, 1.165) is 19.5 Å². The number of carbonyl (C=O) groups excluding carboxylic acids is 1. The highest BCUT2D eigenvalue weighted by Crippen LogP contribution is 2.17. The highest BCUT2D eigenvalue weighted by Gasteiger charge is 2.35. The lowest BCUT2D eigenvalue weighted by Crippen LogP contribution is -2.60. The number of piperazine rings is 1. The lowest BCUT2D eigenvalue weighted by Gasteiger charge is -2.43. The predicted octanol–water partition coefficient (Wildman–Crippen LogP) is 0.0523. The Bertz CT molecular complexity index is 242. The van der Waals surface area contributed by atoms with E-state index in [4.69, 9.17) is 5.73 Å². The molecule has 1 aliphatic rings. The van der Waals surface area contributed by atoms with E-state index in [1.54, 1.807) is 4.90 Å². The number of hydrogen-bond acceptors (Lipinski definition) is 3. The third-order valence-corrected chi connectivity index (χ3v) is 2.95. The minimum Gasteiger partial charge on any atom is -0.343 e. The summed E-state index contributed by atoms with van der Waals surface area (Å²) < 4.78 is 0. The van der Waals surface area contributed by atoms with E-state index in [1.165, 1.54) is 0 Å². The molecule has 1 rings (SSSR count). The molecule has 0 aliphatic carbocycles. The molecular formula is C11H21N3O. The third-order valence-electron chi connectivity index (χ3n) is 2.95. The first-order valence-electron chi connectivity index (χ1n) is 5.43. The molecule has 15 heavy (non-hydrogen) atoms. The van der Waals surface area contributed by atoms with Crippen LogP contribution >= 0.6 is 0 Å². The van der Waals surface area contributed by atoms with Crippen molar-refractivity contribution in [1.82, 2.24) is 9.80 Å². The second-order valence-corrected chi connectivity index (χ2v) is 4.15. The van der Waals surface area contributed by atoms with Crippen LogP contribution in [0.2, 0.25) is 0 Å². The minimum atomic E-state index is -0.0678. The van der Waals surface area contributed by atoms with E-state index in [-0.39, 0.29) is 11.9 Å². The van der Waals surface area contributed by atoms with Crippen LogP contribution in [0.15, 0.2) is 12.7 Å². The largest absolute Gasteiger partial charge is 0.343 e. The van der Waals surface area contributed by atoms with Crippen LogP contribution in [-0.4, -0.2) is 54.5 Å². The number of nitrogens with zero attached hydrogens (tertiary/aromatic N) is 2. The fourth-order valence-electron chi connectivity index (χ4n) is 2.20.